The molecule has 0 aliphatic rings. The third kappa shape index (κ3) is 3.46. The average Bonchev–Trinajstić information content (AvgIpc) is 2.47. The number of esters is 1. The van der Waals surface area contributed by atoms with Gasteiger partial charge in [-0.25, -0.2) is 4.79 Å². The molecule has 0 fully saturated rings. The minimum atomic E-state index is -4.89. The van der Waals surface area contributed by atoms with Crippen LogP contribution in [0, 0.1) is 0 Å². The second-order valence-electron chi connectivity index (χ2n) is 4.24. The van der Waals surface area contributed by atoms with Gasteiger partial charge >= 0.3 is 16.2 Å². The van der Waals surface area contributed by atoms with Crippen molar-refractivity contribution in [3.05, 3.63) is 54.1 Å². The van der Waals surface area contributed by atoms with E-state index in [0.29, 0.717) is 5.56 Å². The number of carbonyl (C=O) groups excluding carboxylic acids is 1. The van der Waals surface area contributed by atoms with Crippen LogP contribution < -0.4 is 0 Å². The van der Waals surface area contributed by atoms with E-state index in [0.717, 1.165) is 6.07 Å². The number of hydrogen-bond acceptors (Lipinski definition) is 4. The first kappa shape index (κ1) is 15.2. The minimum Gasteiger partial charge on any atom is -0.462 e. The Morgan fingerprint density at radius 1 is 1.14 bits per heavy atom. The second-order valence-corrected chi connectivity index (χ2v) is 5.55. The molecule has 0 aromatic heterocycles. The quantitative estimate of drug-likeness (QED) is 0.643. The molecule has 0 aliphatic heterocycles. The summed E-state index contributed by atoms with van der Waals surface area (Å²) in [7, 11) is -4.89. The maximum atomic E-state index is 13.4. The summed E-state index contributed by atoms with van der Waals surface area (Å²) in [5, 5.41) is 0. The Kier molecular flexibility index (Phi) is 4.37. The molecule has 4 nitrogen and oxygen atoms in total. The van der Waals surface area contributed by atoms with Gasteiger partial charge in [-0.15, -0.1) is 3.89 Å². The molecule has 2 aromatic rings. The zero-order chi connectivity index (χ0) is 15.5. The fourth-order valence-corrected chi connectivity index (χ4v) is 2.60. The lowest BCUT2D eigenvalue weighted by Crippen LogP contribution is -2.06. The van der Waals surface area contributed by atoms with E-state index < -0.39 is 21.1 Å². The summed E-state index contributed by atoms with van der Waals surface area (Å²) in [4.78, 5) is 11.3. The van der Waals surface area contributed by atoms with Gasteiger partial charge in [0.2, 0.25) is 0 Å². The SMILES string of the molecule is CCOC(=O)c1ccc(S(=O)(=O)F)c(-c2ccccc2)c1. The predicted octanol–water partition coefficient (Wildman–Crippen LogP) is 3.19. The van der Waals surface area contributed by atoms with Crippen LogP contribution in [0.4, 0.5) is 3.89 Å². The molecule has 0 atom stereocenters. The van der Waals surface area contributed by atoms with Gasteiger partial charge in [0.1, 0.15) is 4.90 Å². The van der Waals surface area contributed by atoms with Crippen molar-refractivity contribution in [2.24, 2.45) is 0 Å². The van der Waals surface area contributed by atoms with Crippen LogP contribution in [0.15, 0.2) is 53.4 Å². The molecule has 0 spiro atoms. The van der Waals surface area contributed by atoms with E-state index in [1.165, 1.54) is 12.1 Å². The fraction of sp³-hybridized carbons (Fsp3) is 0.133. The van der Waals surface area contributed by atoms with Crippen LogP contribution in [0.25, 0.3) is 11.1 Å². The standard InChI is InChI=1S/C15H13FO4S/c1-2-20-15(17)12-8-9-14(21(16,18)19)13(10-12)11-6-4-3-5-7-11/h3-10H,2H2,1H3. The number of ether oxygens (including phenoxy) is 1. The Morgan fingerprint density at radius 3 is 2.38 bits per heavy atom. The van der Waals surface area contributed by atoms with E-state index in [4.69, 9.17) is 4.74 Å². The molecule has 0 amide bonds. The van der Waals surface area contributed by atoms with Crippen molar-refractivity contribution >= 4 is 16.2 Å². The maximum absolute atomic E-state index is 13.4. The van der Waals surface area contributed by atoms with Crippen molar-refractivity contribution in [1.82, 2.24) is 0 Å². The molecule has 0 saturated heterocycles. The molecule has 0 unspecified atom stereocenters. The minimum absolute atomic E-state index is 0.128. The predicted molar refractivity (Wildman–Crippen MR) is 76.1 cm³/mol. The number of halogens is 1. The van der Waals surface area contributed by atoms with Gasteiger partial charge in [0.15, 0.2) is 0 Å². The lowest BCUT2D eigenvalue weighted by molar-refractivity contribution is 0.0526. The van der Waals surface area contributed by atoms with E-state index in [-0.39, 0.29) is 17.7 Å². The molecule has 0 saturated carbocycles. The van der Waals surface area contributed by atoms with E-state index in [9.17, 15) is 17.1 Å². The third-order valence-corrected chi connectivity index (χ3v) is 3.72. The van der Waals surface area contributed by atoms with E-state index in [1.807, 2.05) is 0 Å². The molecule has 2 rings (SSSR count). The fourth-order valence-electron chi connectivity index (χ4n) is 1.93. The molecule has 6 heteroatoms. The molecule has 0 N–H and O–H groups in total. The first-order valence-electron chi connectivity index (χ1n) is 6.24. The van der Waals surface area contributed by atoms with Gasteiger partial charge in [-0.3, -0.25) is 0 Å². The monoisotopic (exact) mass is 308 g/mol. The van der Waals surface area contributed by atoms with Crippen LogP contribution >= 0.6 is 0 Å². The Labute approximate surface area is 122 Å². The highest BCUT2D eigenvalue weighted by Crippen LogP contribution is 2.29. The van der Waals surface area contributed by atoms with Crippen LogP contribution in [0.1, 0.15) is 17.3 Å². The van der Waals surface area contributed by atoms with Crippen LogP contribution in [0.3, 0.4) is 0 Å². The average molecular weight is 308 g/mol. The Hall–Kier alpha value is -2.21. The van der Waals surface area contributed by atoms with Crippen molar-refractivity contribution in [2.45, 2.75) is 11.8 Å². The van der Waals surface area contributed by atoms with Gasteiger partial charge < -0.3 is 4.74 Å². The summed E-state index contributed by atoms with van der Waals surface area (Å²) < 4.78 is 40.8. The molecule has 0 aliphatic carbocycles. The van der Waals surface area contributed by atoms with E-state index >= 15 is 0 Å². The second kappa shape index (κ2) is 6.05. The van der Waals surface area contributed by atoms with Crippen molar-refractivity contribution in [3.8, 4) is 11.1 Å². The van der Waals surface area contributed by atoms with Crippen LogP contribution in [-0.4, -0.2) is 21.0 Å². The Balaban J connectivity index is 2.63. The largest absolute Gasteiger partial charge is 0.462 e. The number of benzene rings is 2. The third-order valence-electron chi connectivity index (χ3n) is 2.84. The summed E-state index contributed by atoms with van der Waals surface area (Å²) >= 11 is 0. The van der Waals surface area contributed by atoms with Gasteiger partial charge in [-0.05, 0) is 30.7 Å². The highest BCUT2D eigenvalue weighted by molar-refractivity contribution is 7.86. The smallest absolute Gasteiger partial charge is 0.338 e. The van der Waals surface area contributed by atoms with Gasteiger partial charge in [0, 0.05) is 5.56 Å². The molecule has 0 bridgehead atoms. The summed E-state index contributed by atoms with van der Waals surface area (Å²) in [6, 6.07) is 12.0. The molecule has 0 radical (unpaired) electrons. The molecule has 110 valence electrons. The highest BCUT2D eigenvalue weighted by atomic mass is 32.3. The maximum Gasteiger partial charge on any atom is 0.338 e. The molecule has 0 heterocycles. The van der Waals surface area contributed by atoms with Gasteiger partial charge in [-0.1, -0.05) is 30.3 Å². The van der Waals surface area contributed by atoms with Crippen LogP contribution in [0.2, 0.25) is 0 Å². The summed E-state index contributed by atoms with van der Waals surface area (Å²) in [6.45, 7) is 1.86. The molecule has 2 aromatic carbocycles. The zero-order valence-corrected chi connectivity index (χ0v) is 12.1. The lowest BCUT2D eigenvalue weighted by Gasteiger charge is -2.09. The summed E-state index contributed by atoms with van der Waals surface area (Å²) in [5.41, 5.74) is 0.798. The highest BCUT2D eigenvalue weighted by Gasteiger charge is 2.20. The van der Waals surface area contributed by atoms with Gasteiger partial charge in [0.05, 0.1) is 12.2 Å². The topological polar surface area (TPSA) is 60.4 Å². The molecule has 21 heavy (non-hydrogen) atoms. The van der Waals surface area contributed by atoms with Gasteiger partial charge in [-0.2, -0.15) is 8.42 Å². The Morgan fingerprint density at radius 2 is 1.81 bits per heavy atom. The number of carbonyl (C=O) groups is 1. The molecular formula is C15H13FO4S. The van der Waals surface area contributed by atoms with E-state index in [2.05, 4.69) is 0 Å². The van der Waals surface area contributed by atoms with Crippen molar-refractivity contribution in [1.29, 1.82) is 0 Å². The van der Waals surface area contributed by atoms with Crippen LogP contribution in [-0.2, 0) is 15.0 Å². The summed E-state index contributed by atoms with van der Waals surface area (Å²) in [6.07, 6.45) is 0. The lowest BCUT2D eigenvalue weighted by atomic mass is 10.0. The van der Waals surface area contributed by atoms with E-state index in [1.54, 1.807) is 37.3 Å². The number of rotatable bonds is 4. The molecular weight excluding hydrogens is 295 g/mol. The normalized spacial score (nSPS) is 11.1. The summed E-state index contributed by atoms with van der Waals surface area (Å²) in [5.74, 6) is -0.586. The van der Waals surface area contributed by atoms with Crippen molar-refractivity contribution < 1.29 is 21.8 Å². The van der Waals surface area contributed by atoms with Crippen LogP contribution in [0.5, 0.6) is 0 Å². The number of hydrogen-bond donors (Lipinski definition) is 0. The van der Waals surface area contributed by atoms with Gasteiger partial charge in [0.25, 0.3) is 0 Å². The van der Waals surface area contributed by atoms with Crippen molar-refractivity contribution in [3.63, 3.8) is 0 Å². The zero-order valence-electron chi connectivity index (χ0n) is 11.2. The van der Waals surface area contributed by atoms with Crippen molar-refractivity contribution in [2.75, 3.05) is 6.61 Å². The Bertz CT molecular complexity index is 754. The first-order chi connectivity index (χ1) is 9.93. The first-order valence-corrected chi connectivity index (χ1v) is 7.63.